The summed E-state index contributed by atoms with van der Waals surface area (Å²) in [6.45, 7) is 5.80. The van der Waals surface area contributed by atoms with Crippen LogP contribution in [0.1, 0.15) is 65.7 Å². The summed E-state index contributed by atoms with van der Waals surface area (Å²) >= 11 is 0. The Bertz CT molecular complexity index is 167. The summed E-state index contributed by atoms with van der Waals surface area (Å²) in [6.07, 6.45) is 4.00. The largest absolute Gasteiger partial charge is 0.390 e. The molecular formula is C13H28O3. The van der Waals surface area contributed by atoms with Crippen molar-refractivity contribution in [2.24, 2.45) is 0 Å². The molecule has 0 aromatic rings. The topological polar surface area (TPSA) is 60.7 Å². The molecule has 0 aromatic heterocycles. The van der Waals surface area contributed by atoms with Gasteiger partial charge in [0.15, 0.2) is 0 Å². The molecule has 0 bridgehead atoms. The second-order valence-corrected chi connectivity index (χ2v) is 4.67. The smallest absolute Gasteiger partial charge is 0.108 e. The van der Waals surface area contributed by atoms with Crippen molar-refractivity contribution in [1.29, 1.82) is 0 Å². The monoisotopic (exact) mass is 232 g/mol. The van der Waals surface area contributed by atoms with Gasteiger partial charge in [-0.05, 0) is 19.3 Å². The molecule has 0 spiro atoms. The predicted octanol–water partition coefficient (Wildman–Crippen LogP) is 2.23. The molecule has 3 nitrogen and oxygen atoms in total. The first-order chi connectivity index (χ1) is 7.51. The molecule has 0 saturated heterocycles. The van der Waals surface area contributed by atoms with Crippen LogP contribution < -0.4 is 0 Å². The lowest BCUT2D eigenvalue weighted by Gasteiger charge is -2.34. The summed E-state index contributed by atoms with van der Waals surface area (Å²) in [5.74, 6) is 0. The molecule has 0 amide bonds. The highest BCUT2D eigenvalue weighted by Gasteiger charge is 2.36. The van der Waals surface area contributed by atoms with Gasteiger partial charge in [0.05, 0.1) is 11.7 Å². The first kappa shape index (κ1) is 15.9. The van der Waals surface area contributed by atoms with Crippen LogP contribution in [0, 0.1) is 0 Å². The van der Waals surface area contributed by atoms with Gasteiger partial charge in [-0.2, -0.15) is 0 Å². The number of aliphatic hydroxyl groups excluding tert-OH is 2. The molecule has 98 valence electrons. The van der Waals surface area contributed by atoms with Crippen molar-refractivity contribution in [3.63, 3.8) is 0 Å². The Morgan fingerprint density at radius 2 is 1.50 bits per heavy atom. The molecule has 0 fully saturated rings. The van der Waals surface area contributed by atoms with Crippen molar-refractivity contribution in [3.8, 4) is 0 Å². The van der Waals surface area contributed by atoms with E-state index in [0.29, 0.717) is 19.3 Å². The Morgan fingerprint density at radius 1 is 0.938 bits per heavy atom. The first-order valence-corrected chi connectivity index (χ1v) is 6.60. The van der Waals surface area contributed by atoms with Crippen LogP contribution in [0.25, 0.3) is 0 Å². The Morgan fingerprint density at radius 3 is 1.94 bits per heavy atom. The second-order valence-electron chi connectivity index (χ2n) is 4.67. The lowest BCUT2D eigenvalue weighted by molar-refractivity contribution is -0.130. The average molecular weight is 232 g/mol. The number of hydrogen-bond donors (Lipinski definition) is 3. The van der Waals surface area contributed by atoms with Crippen molar-refractivity contribution in [2.45, 2.75) is 83.5 Å². The van der Waals surface area contributed by atoms with Gasteiger partial charge in [-0.25, -0.2) is 0 Å². The van der Waals surface area contributed by atoms with E-state index in [2.05, 4.69) is 6.92 Å². The minimum absolute atomic E-state index is 0.469. The number of aliphatic hydroxyl groups is 3. The highest BCUT2D eigenvalue weighted by Crippen LogP contribution is 2.24. The summed E-state index contributed by atoms with van der Waals surface area (Å²) in [5.41, 5.74) is -1.13. The van der Waals surface area contributed by atoms with Gasteiger partial charge < -0.3 is 15.3 Å². The van der Waals surface area contributed by atoms with Crippen molar-refractivity contribution in [2.75, 3.05) is 0 Å². The van der Waals surface area contributed by atoms with Crippen LogP contribution >= 0.6 is 0 Å². The van der Waals surface area contributed by atoms with Crippen LogP contribution in [-0.4, -0.2) is 33.1 Å². The summed E-state index contributed by atoms with van der Waals surface area (Å²) in [5, 5.41) is 29.8. The molecule has 0 aliphatic rings. The number of unbranched alkanes of at least 4 members (excludes halogenated alkanes) is 3. The van der Waals surface area contributed by atoms with Gasteiger partial charge in [0.25, 0.3) is 0 Å². The third-order valence-corrected chi connectivity index (χ3v) is 3.49. The lowest BCUT2D eigenvalue weighted by atomic mass is 9.86. The Hall–Kier alpha value is -0.120. The van der Waals surface area contributed by atoms with Gasteiger partial charge in [0.2, 0.25) is 0 Å². The van der Waals surface area contributed by atoms with Crippen LogP contribution in [0.2, 0.25) is 0 Å². The summed E-state index contributed by atoms with van der Waals surface area (Å²) in [7, 11) is 0. The summed E-state index contributed by atoms with van der Waals surface area (Å²) in [4.78, 5) is 0. The fourth-order valence-corrected chi connectivity index (χ4v) is 1.96. The molecule has 3 N–H and O–H groups in total. The number of rotatable bonds is 9. The maximum absolute atomic E-state index is 10.1. The predicted molar refractivity (Wildman–Crippen MR) is 66.3 cm³/mol. The van der Waals surface area contributed by atoms with E-state index in [4.69, 9.17) is 0 Å². The molecule has 3 heteroatoms. The van der Waals surface area contributed by atoms with E-state index in [-0.39, 0.29) is 0 Å². The molecule has 16 heavy (non-hydrogen) atoms. The van der Waals surface area contributed by atoms with Crippen LogP contribution in [0.4, 0.5) is 0 Å². The maximum Gasteiger partial charge on any atom is 0.108 e. The molecule has 0 aliphatic carbocycles. The average Bonchev–Trinajstić information content (AvgIpc) is 2.32. The van der Waals surface area contributed by atoms with Crippen LogP contribution in [-0.2, 0) is 0 Å². The molecule has 0 heterocycles. The van der Waals surface area contributed by atoms with Crippen molar-refractivity contribution < 1.29 is 15.3 Å². The highest BCUT2D eigenvalue weighted by molar-refractivity contribution is 4.88. The fourth-order valence-electron chi connectivity index (χ4n) is 1.96. The summed E-state index contributed by atoms with van der Waals surface area (Å²) < 4.78 is 0. The second kappa shape index (κ2) is 8.04. The molecule has 2 atom stereocenters. The van der Waals surface area contributed by atoms with Crippen LogP contribution in [0.5, 0.6) is 0 Å². The van der Waals surface area contributed by atoms with Crippen molar-refractivity contribution >= 4 is 0 Å². The molecule has 0 aliphatic heterocycles. The molecule has 0 rings (SSSR count). The highest BCUT2D eigenvalue weighted by atomic mass is 16.4. The van der Waals surface area contributed by atoms with Gasteiger partial charge in [-0.15, -0.1) is 0 Å². The fraction of sp³-hybridized carbons (Fsp3) is 1.00. The Balaban J connectivity index is 4.01. The molecule has 0 aromatic carbocycles. The third-order valence-electron chi connectivity index (χ3n) is 3.49. The zero-order valence-corrected chi connectivity index (χ0v) is 10.9. The van der Waals surface area contributed by atoms with E-state index in [9.17, 15) is 15.3 Å². The molecule has 2 unspecified atom stereocenters. The third kappa shape index (κ3) is 4.81. The lowest BCUT2D eigenvalue weighted by Crippen LogP contribution is -2.48. The normalized spacial score (nSPS) is 16.1. The standard InChI is InChI=1S/C13H28O3/c1-4-7-8-9-10-11(14)12(15)13(16,5-2)6-3/h11-12,14-16H,4-10H2,1-3H3. The van der Waals surface area contributed by atoms with Crippen LogP contribution in [0.3, 0.4) is 0 Å². The van der Waals surface area contributed by atoms with E-state index in [1.807, 2.05) is 13.8 Å². The molecule has 0 saturated carbocycles. The minimum Gasteiger partial charge on any atom is -0.390 e. The van der Waals surface area contributed by atoms with Gasteiger partial charge in [-0.3, -0.25) is 0 Å². The first-order valence-electron chi connectivity index (χ1n) is 6.60. The van der Waals surface area contributed by atoms with E-state index >= 15 is 0 Å². The Kier molecular flexibility index (Phi) is 7.98. The number of hydrogen-bond acceptors (Lipinski definition) is 3. The maximum atomic E-state index is 10.1. The quantitative estimate of drug-likeness (QED) is 0.534. The van der Waals surface area contributed by atoms with Gasteiger partial charge in [-0.1, -0.05) is 46.5 Å². The van der Waals surface area contributed by atoms with Gasteiger partial charge >= 0.3 is 0 Å². The van der Waals surface area contributed by atoms with Crippen molar-refractivity contribution in [3.05, 3.63) is 0 Å². The zero-order chi connectivity index (χ0) is 12.6. The van der Waals surface area contributed by atoms with E-state index < -0.39 is 17.8 Å². The van der Waals surface area contributed by atoms with Gasteiger partial charge in [0.1, 0.15) is 6.10 Å². The van der Waals surface area contributed by atoms with E-state index in [0.717, 1.165) is 25.7 Å². The minimum atomic E-state index is -1.13. The SMILES string of the molecule is CCCCCCC(O)C(O)C(O)(CC)CC. The van der Waals surface area contributed by atoms with Gasteiger partial charge in [0, 0.05) is 0 Å². The molecule has 0 radical (unpaired) electrons. The molecular weight excluding hydrogens is 204 g/mol. The summed E-state index contributed by atoms with van der Waals surface area (Å²) in [6, 6.07) is 0. The van der Waals surface area contributed by atoms with E-state index in [1.54, 1.807) is 0 Å². The van der Waals surface area contributed by atoms with Crippen molar-refractivity contribution in [1.82, 2.24) is 0 Å². The van der Waals surface area contributed by atoms with E-state index in [1.165, 1.54) is 0 Å². The zero-order valence-electron chi connectivity index (χ0n) is 10.9. The Labute approximate surface area is 99.5 Å². The van der Waals surface area contributed by atoms with Crippen LogP contribution in [0.15, 0.2) is 0 Å².